The van der Waals surface area contributed by atoms with Crippen molar-refractivity contribution < 1.29 is 48.3 Å². The van der Waals surface area contributed by atoms with Crippen LogP contribution in [-0.2, 0) is 59.0 Å². The Labute approximate surface area is 368 Å². The van der Waals surface area contributed by atoms with Gasteiger partial charge in [-0.05, 0) is 79.6 Å². The second-order valence-corrected chi connectivity index (χ2v) is 17.5. The van der Waals surface area contributed by atoms with Crippen LogP contribution in [0, 0.1) is 0 Å². The van der Waals surface area contributed by atoms with Gasteiger partial charge in [0.1, 0.15) is 35.7 Å². The van der Waals surface area contributed by atoms with Gasteiger partial charge in [0.25, 0.3) is 0 Å². The minimum absolute atomic E-state index is 0.0113. The molecular formula is C51H56N2O10. The number of phenols is 1. The van der Waals surface area contributed by atoms with Gasteiger partial charge in [-0.25, -0.2) is 4.79 Å². The van der Waals surface area contributed by atoms with E-state index in [9.17, 15) is 29.4 Å². The largest absolute Gasteiger partial charge is 0.508 e. The molecule has 2 aliphatic carbocycles. The van der Waals surface area contributed by atoms with Crippen molar-refractivity contribution in [2.24, 2.45) is 0 Å². The molecule has 63 heavy (non-hydrogen) atoms. The molecule has 0 saturated carbocycles. The van der Waals surface area contributed by atoms with E-state index in [2.05, 4.69) is 5.32 Å². The lowest BCUT2D eigenvalue weighted by molar-refractivity contribution is -0.172. The van der Waals surface area contributed by atoms with Gasteiger partial charge >= 0.3 is 11.9 Å². The van der Waals surface area contributed by atoms with E-state index in [0.717, 1.165) is 22.3 Å². The number of esters is 2. The second-order valence-electron chi connectivity index (χ2n) is 17.5. The number of carbonyl (C=O) groups is 4. The van der Waals surface area contributed by atoms with Crippen molar-refractivity contribution in [3.8, 4) is 5.75 Å². The van der Waals surface area contributed by atoms with E-state index in [-0.39, 0.29) is 37.0 Å². The number of aliphatic hydroxyl groups is 1. The van der Waals surface area contributed by atoms with Crippen LogP contribution >= 0.6 is 0 Å². The second kappa shape index (κ2) is 19.5. The number of para-hydroxylation sites is 1. The first-order chi connectivity index (χ1) is 30.2. The lowest BCUT2D eigenvalue weighted by Gasteiger charge is -2.34. The molecule has 5 atom stereocenters. The van der Waals surface area contributed by atoms with Crippen LogP contribution in [-0.4, -0.2) is 94.3 Å². The maximum absolute atomic E-state index is 14.7. The summed E-state index contributed by atoms with van der Waals surface area (Å²) in [4.78, 5) is 57.0. The first-order valence-corrected chi connectivity index (χ1v) is 21.5. The predicted octanol–water partition coefficient (Wildman–Crippen LogP) is 6.45. The van der Waals surface area contributed by atoms with Gasteiger partial charge in [0.05, 0.1) is 18.2 Å². The average molecular weight is 857 g/mol. The van der Waals surface area contributed by atoms with Crippen LogP contribution in [0.5, 0.6) is 5.75 Å². The molecule has 3 N–H and O–H groups in total. The molecule has 7 rings (SSSR count). The Bertz CT molecular complexity index is 2330. The van der Waals surface area contributed by atoms with E-state index in [0.29, 0.717) is 30.4 Å². The normalized spacial score (nSPS) is 19.7. The first kappa shape index (κ1) is 45.0. The monoisotopic (exact) mass is 856 g/mol. The number of allylic oxidation sites excluding steroid dienone is 1. The highest BCUT2D eigenvalue weighted by Crippen LogP contribution is 2.45. The molecular weight excluding hydrogens is 801 g/mol. The van der Waals surface area contributed by atoms with Crippen molar-refractivity contribution in [1.82, 2.24) is 10.2 Å². The third kappa shape index (κ3) is 11.1. The number of carbonyl (C=O) groups excluding carboxylic acids is 4. The topological polar surface area (TPSA) is 161 Å². The molecule has 12 nitrogen and oxygen atoms in total. The van der Waals surface area contributed by atoms with Gasteiger partial charge in [0.2, 0.25) is 11.8 Å². The van der Waals surface area contributed by atoms with Gasteiger partial charge in [0.15, 0.2) is 5.79 Å². The average Bonchev–Trinajstić information content (AvgIpc) is 3.82. The van der Waals surface area contributed by atoms with Gasteiger partial charge in [0, 0.05) is 44.7 Å². The first-order valence-electron chi connectivity index (χ1n) is 21.5. The van der Waals surface area contributed by atoms with Crippen LogP contribution in [0.25, 0.3) is 6.08 Å². The molecule has 1 spiro atoms. The number of aliphatic hydroxyl groups excluding tert-OH is 1. The molecule has 4 aromatic carbocycles. The Morgan fingerprint density at radius 3 is 2.27 bits per heavy atom. The molecule has 3 aliphatic rings. The molecule has 2 amide bonds. The number of benzene rings is 4. The molecule has 0 bridgehead atoms. The fraction of sp³-hybridized carbons (Fsp3) is 0.373. The summed E-state index contributed by atoms with van der Waals surface area (Å²) < 4.78 is 25.2. The Morgan fingerprint density at radius 2 is 1.57 bits per heavy atom. The van der Waals surface area contributed by atoms with Crippen LogP contribution in [0.4, 0.5) is 0 Å². The number of hydrogen-bond donors (Lipinski definition) is 3. The van der Waals surface area contributed by atoms with Crippen LogP contribution < -0.4 is 5.32 Å². The van der Waals surface area contributed by atoms with E-state index < -0.39 is 72.1 Å². The van der Waals surface area contributed by atoms with Crippen molar-refractivity contribution in [3.63, 3.8) is 0 Å². The van der Waals surface area contributed by atoms with Crippen molar-refractivity contribution >= 4 is 29.8 Å². The smallest absolute Gasteiger partial charge is 0.339 e. The van der Waals surface area contributed by atoms with Crippen molar-refractivity contribution in [1.29, 1.82) is 0 Å². The van der Waals surface area contributed by atoms with E-state index >= 15 is 0 Å². The number of fused-ring (bicyclic) bond motifs is 2. The summed E-state index contributed by atoms with van der Waals surface area (Å²) >= 11 is 0. The zero-order valence-corrected chi connectivity index (χ0v) is 36.2. The molecule has 0 radical (unpaired) electrons. The summed E-state index contributed by atoms with van der Waals surface area (Å²) in [5, 5.41) is 23.4. The quantitative estimate of drug-likeness (QED) is 0.113. The number of ether oxygens (including phenoxy) is 4. The minimum atomic E-state index is -1.03. The number of rotatable bonds is 15. The van der Waals surface area contributed by atoms with Gasteiger partial charge in [-0.1, -0.05) is 103 Å². The number of hydrogen-bond acceptors (Lipinski definition) is 10. The molecule has 5 unspecified atom stereocenters. The highest BCUT2D eigenvalue weighted by atomic mass is 16.8. The molecule has 1 aliphatic heterocycles. The summed E-state index contributed by atoms with van der Waals surface area (Å²) in [5.41, 5.74) is 4.27. The summed E-state index contributed by atoms with van der Waals surface area (Å²) in [6.07, 6.45) is 4.66. The Morgan fingerprint density at radius 1 is 0.905 bits per heavy atom. The SMILES string of the molecule is CN(C(=O)C1=CC2OC3(Cc4ccccc4C3)OC2C(OC(=O)c2ccccc2C=CCc2ccccc2O)C1)C(Cc1ccccc1)C(=O)NC(CO)CCC(=O)OC(C)(C)C. The Hall–Kier alpha value is -6.08. The lowest BCUT2D eigenvalue weighted by atomic mass is 9.90. The third-order valence-corrected chi connectivity index (χ3v) is 11.6. The highest BCUT2D eigenvalue weighted by molar-refractivity contribution is 5.98. The van der Waals surface area contributed by atoms with Gasteiger partial charge < -0.3 is 39.4 Å². The standard InChI is InChI=1S/C51H56N2O10/c1-50(2,3)62-45(56)26-25-39(32-54)52-47(57)41(27-33-15-6-5-7-16-33)53(4)48(58)38-28-43(46-44(29-38)61-51(63-46)30-36-19-8-9-20-37(36)31-51)60-49(59)40-23-12-10-17-34(40)21-14-22-35-18-11-13-24-42(35)55/h5-21,23-24,29,39,41,43-44,46,54-55H,22,25-28,30-32H2,1-4H3,(H,52,57). The van der Waals surface area contributed by atoms with Crippen molar-refractivity contribution in [3.05, 3.63) is 154 Å². The van der Waals surface area contributed by atoms with E-state index in [1.54, 1.807) is 58.2 Å². The van der Waals surface area contributed by atoms with Crippen molar-refractivity contribution in [2.75, 3.05) is 13.7 Å². The fourth-order valence-corrected chi connectivity index (χ4v) is 8.48. The Kier molecular flexibility index (Phi) is 13.9. The fourth-order valence-electron chi connectivity index (χ4n) is 8.48. The van der Waals surface area contributed by atoms with E-state index in [1.807, 2.05) is 91.0 Å². The zero-order chi connectivity index (χ0) is 44.7. The number of nitrogens with zero attached hydrogens (tertiary/aromatic N) is 1. The lowest BCUT2D eigenvalue weighted by Crippen LogP contribution is -2.53. The number of amides is 2. The molecule has 330 valence electrons. The Balaban J connectivity index is 1.13. The number of likely N-dealkylation sites (N-methyl/N-ethyl adjacent to an activating group) is 1. The molecule has 1 saturated heterocycles. The number of nitrogens with one attached hydrogen (secondary N) is 1. The van der Waals surface area contributed by atoms with Crippen LogP contribution in [0.1, 0.15) is 78.2 Å². The third-order valence-electron chi connectivity index (χ3n) is 11.6. The van der Waals surface area contributed by atoms with Crippen LogP contribution in [0.3, 0.4) is 0 Å². The van der Waals surface area contributed by atoms with E-state index in [1.165, 1.54) is 4.90 Å². The van der Waals surface area contributed by atoms with Crippen LogP contribution in [0.2, 0.25) is 0 Å². The molecule has 1 heterocycles. The minimum Gasteiger partial charge on any atom is -0.508 e. The molecule has 4 aromatic rings. The molecule has 12 heteroatoms. The van der Waals surface area contributed by atoms with Crippen LogP contribution in [0.15, 0.2) is 121 Å². The molecule has 0 aromatic heterocycles. The van der Waals surface area contributed by atoms with Crippen molar-refractivity contribution in [2.45, 2.75) is 108 Å². The number of phenolic OH excluding ortho intramolecular Hbond substituents is 1. The number of aromatic hydroxyl groups is 1. The highest BCUT2D eigenvalue weighted by Gasteiger charge is 2.55. The summed E-state index contributed by atoms with van der Waals surface area (Å²) in [6, 6.07) is 29.6. The van der Waals surface area contributed by atoms with E-state index in [4.69, 9.17) is 18.9 Å². The summed E-state index contributed by atoms with van der Waals surface area (Å²) in [7, 11) is 1.55. The predicted molar refractivity (Wildman–Crippen MR) is 236 cm³/mol. The van der Waals surface area contributed by atoms with Gasteiger partial charge in [-0.15, -0.1) is 0 Å². The van der Waals surface area contributed by atoms with Gasteiger partial charge in [-0.3, -0.25) is 14.4 Å². The molecule has 1 fully saturated rings. The maximum Gasteiger partial charge on any atom is 0.339 e. The maximum atomic E-state index is 14.7. The van der Waals surface area contributed by atoms with Gasteiger partial charge in [-0.2, -0.15) is 0 Å². The zero-order valence-electron chi connectivity index (χ0n) is 36.2. The summed E-state index contributed by atoms with van der Waals surface area (Å²) in [6.45, 7) is 4.87. The summed E-state index contributed by atoms with van der Waals surface area (Å²) in [5.74, 6) is -2.87.